The van der Waals surface area contributed by atoms with E-state index in [0.717, 1.165) is 12.8 Å². The molecule has 0 saturated heterocycles. The maximum atomic E-state index is 11.7. The second-order valence-electron chi connectivity index (χ2n) is 4.32. The molecule has 0 aromatic heterocycles. The third-order valence-electron chi connectivity index (χ3n) is 2.88. The molecule has 0 spiro atoms. The van der Waals surface area contributed by atoms with Crippen molar-refractivity contribution in [3.05, 3.63) is 0 Å². The molecule has 0 heterocycles. The summed E-state index contributed by atoms with van der Waals surface area (Å²) >= 11 is 6.05. The Bertz CT molecular complexity index is 205. The SMILES string of the molecule is COCC(C)C(Cl)C(=O)NC1CCCC1. The van der Waals surface area contributed by atoms with Crippen molar-refractivity contribution < 1.29 is 9.53 Å². The monoisotopic (exact) mass is 233 g/mol. The van der Waals surface area contributed by atoms with Crippen molar-refractivity contribution in [2.75, 3.05) is 13.7 Å². The van der Waals surface area contributed by atoms with E-state index in [9.17, 15) is 4.79 Å². The van der Waals surface area contributed by atoms with Gasteiger partial charge in [-0.25, -0.2) is 0 Å². The van der Waals surface area contributed by atoms with Gasteiger partial charge in [0.25, 0.3) is 0 Å². The quantitative estimate of drug-likeness (QED) is 0.737. The molecule has 1 fully saturated rings. The van der Waals surface area contributed by atoms with Crippen LogP contribution in [-0.4, -0.2) is 31.0 Å². The summed E-state index contributed by atoms with van der Waals surface area (Å²) in [5, 5.41) is 2.51. The van der Waals surface area contributed by atoms with Gasteiger partial charge in [-0.2, -0.15) is 0 Å². The Balaban J connectivity index is 2.31. The molecule has 1 saturated carbocycles. The normalized spacial score (nSPS) is 21.3. The number of amides is 1. The zero-order chi connectivity index (χ0) is 11.3. The summed E-state index contributed by atoms with van der Waals surface area (Å²) in [5.41, 5.74) is 0. The fraction of sp³-hybridized carbons (Fsp3) is 0.909. The summed E-state index contributed by atoms with van der Waals surface area (Å²) in [6.07, 6.45) is 4.61. The molecule has 1 aliphatic carbocycles. The smallest absolute Gasteiger partial charge is 0.238 e. The van der Waals surface area contributed by atoms with Crippen LogP contribution in [0.3, 0.4) is 0 Å². The Morgan fingerprint density at radius 3 is 2.67 bits per heavy atom. The molecule has 1 rings (SSSR count). The number of rotatable bonds is 5. The summed E-state index contributed by atoms with van der Waals surface area (Å²) in [4.78, 5) is 11.7. The van der Waals surface area contributed by atoms with Gasteiger partial charge in [-0.05, 0) is 12.8 Å². The molecular formula is C11H20ClNO2. The Kier molecular flexibility index (Phi) is 5.40. The lowest BCUT2D eigenvalue weighted by Gasteiger charge is -2.19. The van der Waals surface area contributed by atoms with Crippen molar-refractivity contribution in [1.29, 1.82) is 0 Å². The minimum atomic E-state index is -0.481. The number of hydrogen-bond acceptors (Lipinski definition) is 2. The highest BCUT2D eigenvalue weighted by molar-refractivity contribution is 6.31. The summed E-state index contributed by atoms with van der Waals surface area (Å²) in [6.45, 7) is 2.45. The molecule has 1 N–H and O–H groups in total. The number of hydrogen-bond donors (Lipinski definition) is 1. The van der Waals surface area contributed by atoms with Gasteiger partial charge >= 0.3 is 0 Å². The Labute approximate surface area is 96.5 Å². The van der Waals surface area contributed by atoms with Crippen LogP contribution in [0.25, 0.3) is 0 Å². The molecule has 0 aromatic carbocycles. The average molecular weight is 234 g/mol. The van der Waals surface area contributed by atoms with Gasteiger partial charge in [0.15, 0.2) is 0 Å². The van der Waals surface area contributed by atoms with Crippen LogP contribution < -0.4 is 5.32 Å². The molecule has 1 amide bonds. The lowest BCUT2D eigenvalue weighted by atomic mass is 10.1. The molecule has 0 aliphatic heterocycles. The molecule has 15 heavy (non-hydrogen) atoms. The Morgan fingerprint density at radius 2 is 2.13 bits per heavy atom. The Morgan fingerprint density at radius 1 is 1.53 bits per heavy atom. The van der Waals surface area contributed by atoms with Crippen LogP contribution in [0.5, 0.6) is 0 Å². The van der Waals surface area contributed by atoms with Gasteiger partial charge in [-0.3, -0.25) is 4.79 Å². The average Bonchev–Trinajstić information content (AvgIpc) is 2.69. The molecule has 1 aliphatic rings. The van der Waals surface area contributed by atoms with E-state index in [4.69, 9.17) is 16.3 Å². The summed E-state index contributed by atoms with van der Waals surface area (Å²) in [5.74, 6) is 0.00573. The van der Waals surface area contributed by atoms with Crippen LogP contribution in [0.15, 0.2) is 0 Å². The number of carbonyl (C=O) groups is 1. The predicted molar refractivity (Wildman–Crippen MR) is 61.1 cm³/mol. The summed E-state index contributed by atoms with van der Waals surface area (Å²) < 4.78 is 4.98. The third-order valence-corrected chi connectivity index (χ3v) is 3.51. The van der Waals surface area contributed by atoms with E-state index in [1.165, 1.54) is 12.8 Å². The first-order valence-corrected chi connectivity index (χ1v) is 6.02. The highest BCUT2D eigenvalue weighted by Gasteiger charge is 2.25. The molecule has 0 bridgehead atoms. The van der Waals surface area contributed by atoms with Crippen molar-refractivity contribution in [1.82, 2.24) is 5.32 Å². The number of ether oxygens (including phenoxy) is 1. The van der Waals surface area contributed by atoms with Gasteiger partial charge in [0, 0.05) is 19.1 Å². The summed E-state index contributed by atoms with van der Waals surface area (Å²) in [6, 6.07) is 0.341. The molecule has 2 unspecified atom stereocenters. The van der Waals surface area contributed by atoms with E-state index < -0.39 is 5.38 Å². The molecule has 0 radical (unpaired) electrons. The van der Waals surface area contributed by atoms with Crippen LogP contribution in [0.2, 0.25) is 0 Å². The zero-order valence-electron chi connectivity index (χ0n) is 9.46. The molecule has 2 atom stereocenters. The second-order valence-corrected chi connectivity index (χ2v) is 4.79. The topological polar surface area (TPSA) is 38.3 Å². The maximum Gasteiger partial charge on any atom is 0.238 e. The van der Waals surface area contributed by atoms with Crippen LogP contribution in [0, 0.1) is 5.92 Å². The number of methoxy groups -OCH3 is 1. The van der Waals surface area contributed by atoms with Crippen molar-refractivity contribution in [3.8, 4) is 0 Å². The van der Waals surface area contributed by atoms with Gasteiger partial charge in [-0.15, -0.1) is 11.6 Å². The molecule has 0 aromatic rings. The summed E-state index contributed by atoms with van der Waals surface area (Å²) in [7, 11) is 1.62. The zero-order valence-corrected chi connectivity index (χ0v) is 10.2. The Hall–Kier alpha value is -0.280. The van der Waals surface area contributed by atoms with Crippen molar-refractivity contribution in [2.24, 2.45) is 5.92 Å². The first-order chi connectivity index (χ1) is 7.15. The van der Waals surface area contributed by atoms with Gasteiger partial charge < -0.3 is 10.1 Å². The van der Waals surface area contributed by atoms with Crippen LogP contribution in [0.1, 0.15) is 32.6 Å². The van der Waals surface area contributed by atoms with Gasteiger partial charge in [0.1, 0.15) is 5.38 Å². The van der Waals surface area contributed by atoms with E-state index in [2.05, 4.69) is 5.32 Å². The predicted octanol–water partition coefficient (Wildman–Crippen LogP) is 1.94. The molecule has 4 heteroatoms. The third kappa shape index (κ3) is 3.99. The minimum Gasteiger partial charge on any atom is -0.384 e. The number of carbonyl (C=O) groups excluding carboxylic acids is 1. The lowest BCUT2D eigenvalue weighted by Crippen LogP contribution is -2.41. The van der Waals surface area contributed by atoms with Crippen molar-refractivity contribution >= 4 is 17.5 Å². The van der Waals surface area contributed by atoms with Crippen LogP contribution >= 0.6 is 11.6 Å². The van der Waals surface area contributed by atoms with E-state index in [0.29, 0.717) is 12.6 Å². The van der Waals surface area contributed by atoms with E-state index >= 15 is 0 Å². The maximum absolute atomic E-state index is 11.7. The standard InChI is InChI=1S/C11H20ClNO2/c1-8(7-15-2)10(12)11(14)13-9-5-3-4-6-9/h8-10H,3-7H2,1-2H3,(H,13,14). The first-order valence-electron chi connectivity index (χ1n) is 5.58. The second kappa shape index (κ2) is 6.33. The van der Waals surface area contributed by atoms with Gasteiger partial charge in [0.2, 0.25) is 5.91 Å². The number of alkyl halides is 1. The van der Waals surface area contributed by atoms with Gasteiger partial charge in [0.05, 0.1) is 6.61 Å². The highest BCUT2D eigenvalue weighted by atomic mass is 35.5. The van der Waals surface area contributed by atoms with Crippen LogP contribution in [-0.2, 0) is 9.53 Å². The number of halogens is 1. The van der Waals surface area contributed by atoms with E-state index in [1.54, 1.807) is 7.11 Å². The van der Waals surface area contributed by atoms with E-state index in [1.807, 2.05) is 6.92 Å². The van der Waals surface area contributed by atoms with E-state index in [-0.39, 0.29) is 11.8 Å². The number of nitrogens with one attached hydrogen (secondary N) is 1. The highest BCUT2D eigenvalue weighted by Crippen LogP contribution is 2.19. The molecular weight excluding hydrogens is 214 g/mol. The minimum absolute atomic E-state index is 0.0480. The fourth-order valence-electron chi connectivity index (χ4n) is 1.96. The van der Waals surface area contributed by atoms with Crippen LogP contribution in [0.4, 0.5) is 0 Å². The largest absolute Gasteiger partial charge is 0.384 e. The van der Waals surface area contributed by atoms with Gasteiger partial charge in [-0.1, -0.05) is 19.8 Å². The van der Waals surface area contributed by atoms with Crippen molar-refractivity contribution in [3.63, 3.8) is 0 Å². The first kappa shape index (κ1) is 12.8. The molecule has 3 nitrogen and oxygen atoms in total. The lowest BCUT2D eigenvalue weighted by molar-refractivity contribution is -0.122. The fourth-order valence-corrected chi connectivity index (χ4v) is 2.09. The molecule has 88 valence electrons. The van der Waals surface area contributed by atoms with Crippen molar-refractivity contribution in [2.45, 2.75) is 44.0 Å².